The van der Waals surface area contributed by atoms with E-state index < -0.39 is 0 Å². The molecule has 0 saturated carbocycles. The Kier molecular flexibility index (Phi) is 5.92. The van der Waals surface area contributed by atoms with Gasteiger partial charge in [-0.1, -0.05) is 18.2 Å². The van der Waals surface area contributed by atoms with Crippen molar-refractivity contribution in [1.82, 2.24) is 0 Å². The van der Waals surface area contributed by atoms with Gasteiger partial charge in [0.05, 0.1) is 19.1 Å². The number of methoxy groups -OCH3 is 1. The maximum absolute atomic E-state index is 12.6. The predicted octanol–water partition coefficient (Wildman–Crippen LogP) is 2.65. The summed E-state index contributed by atoms with van der Waals surface area (Å²) in [4.78, 5) is 14.4. The summed E-state index contributed by atoms with van der Waals surface area (Å²) in [5, 5.41) is 4.07. The van der Waals surface area contributed by atoms with Crippen molar-refractivity contribution in [3.63, 3.8) is 0 Å². The van der Waals surface area contributed by atoms with Crippen molar-refractivity contribution >= 4 is 22.9 Å². The molecule has 112 valence electrons. The summed E-state index contributed by atoms with van der Waals surface area (Å²) in [5.41, 5.74) is 7.63. The molecular weight excluding hydrogens is 284 g/mol. The zero-order chi connectivity index (χ0) is 15.1. The van der Waals surface area contributed by atoms with E-state index in [4.69, 9.17) is 10.5 Å². The number of benzene rings is 1. The van der Waals surface area contributed by atoms with Gasteiger partial charge in [0.25, 0.3) is 0 Å². The van der Waals surface area contributed by atoms with Crippen molar-refractivity contribution in [2.45, 2.75) is 19.1 Å². The molecule has 5 heteroatoms. The summed E-state index contributed by atoms with van der Waals surface area (Å²) in [6.45, 7) is 0.899. The predicted molar refractivity (Wildman–Crippen MR) is 86.4 cm³/mol. The smallest absolute Gasteiger partial charge is 0.229 e. The van der Waals surface area contributed by atoms with Crippen LogP contribution in [0.1, 0.15) is 12.0 Å². The zero-order valence-corrected chi connectivity index (χ0v) is 12.9. The average Bonchev–Trinajstić information content (AvgIpc) is 3.04. The molecule has 4 nitrogen and oxygen atoms in total. The maximum atomic E-state index is 12.6. The maximum Gasteiger partial charge on any atom is 0.229 e. The lowest BCUT2D eigenvalue weighted by molar-refractivity contribution is -0.121. The van der Waals surface area contributed by atoms with Crippen LogP contribution in [0.5, 0.6) is 0 Å². The molecule has 0 spiro atoms. The molecule has 0 saturated heterocycles. The highest BCUT2D eigenvalue weighted by Gasteiger charge is 2.20. The van der Waals surface area contributed by atoms with Gasteiger partial charge in [-0.2, -0.15) is 11.3 Å². The van der Waals surface area contributed by atoms with E-state index in [0.29, 0.717) is 13.1 Å². The minimum atomic E-state index is -0.244. The molecule has 1 aromatic carbocycles. The SMILES string of the molecule is COC(CN)CC(=O)N(Cc1ccsc1)c1ccccc1. The average molecular weight is 304 g/mol. The van der Waals surface area contributed by atoms with E-state index in [0.717, 1.165) is 11.3 Å². The number of carbonyl (C=O) groups is 1. The second-order valence-corrected chi connectivity index (χ2v) is 5.52. The van der Waals surface area contributed by atoms with E-state index in [1.54, 1.807) is 23.3 Å². The largest absolute Gasteiger partial charge is 0.380 e. The zero-order valence-electron chi connectivity index (χ0n) is 12.1. The lowest BCUT2D eigenvalue weighted by Gasteiger charge is -2.24. The number of anilines is 1. The highest BCUT2D eigenvalue weighted by atomic mass is 32.1. The molecule has 0 fully saturated rings. The first kappa shape index (κ1) is 15.7. The molecule has 2 rings (SSSR count). The van der Waals surface area contributed by atoms with Crippen molar-refractivity contribution < 1.29 is 9.53 Å². The summed E-state index contributed by atoms with van der Waals surface area (Å²) < 4.78 is 5.22. The molecular formula is C16H20N2O2S. The van der Waals surface area contributed by atoms with Gasteiger partial charge < -0.3 is 15.4 Å². The Balaban J connectivity index is 2.17. The molecule has 0 aliphatic rings. The first-order valence-electron chi connectivity index (χ1n) is 6.84. The standard InChI is InChI=1S/C16H20N2O2S/c1-20-15(10-17)9-16(19)18(11-13-7-8-21-12-13)14-5-3-2-4-6-14/h2-8,12,15H,9-11,17H2,1H3. The van der Waals surface area contributed by atoms with Gasteiger partial charge >= 0.3 is 0 Å². The van der Waals surface area contributed by atoms with Gasteiger partial charge in [0, 0.05) is 19.3 Å². The van der Waals surface area contributed by atoms with E-state index in [2.05, 4.69) is 5.38 Å². The number of hydrogen-bond acceptors (Lipinski definition) is 4. The Morgan fingerprint density at radius 1 is 1.33 bits per heavy atom. The second kappa shape index (κ2) is 7.93. The van der Waals surface area contributed by atoms with Crippen molar-refractivity contribution in [3.8, 4) is 0 Å². The number of carbonyl (C=O) groups excluding carboxylic acids is 1. The monoisotopic (exact) mass is 304 g/mol. The fourth-order valence-electron chi connectivity index (χ4n) is 2.06. The Hall–Kier alpha value is -1.69. The number of amides is 1. The van der Waals surface area contributed by atoms with Gasteiger partial charge in [0.15, 0.2) is 0 Å². The lowest BCUT2D eigenvalue weighted by atomic mass is 10.2. The molecule has 0 aliphatic carbocycles. The molecule has 1 amide bonds. The van der Waals surface area contributed by atoms with Crippen LogP contribution in [0.4, 0.5) is 5.69 Å². The third-order valence-corrected chi connectivity index (χ3v) is 4.02. The van der Waals surface area contributed by atoms with Crippen LogP contribution >= 0.6 is 11.3 Å². The van der Waals surface area contributed by atoms with E-state index in [-0.39, 0.29) is 18.4 Å². The number of nitrogens with zero attached hydrogens (tertiary/aromatic N) is 1. The third kappa shape index (κ3) is 4.39. The topological polar surface area (TPSA) is 55.6 Å². The highest BCUT2D eigenvalue weighted by Crippen LogP contribution is 2.20. The number of hydrogen-bond donors (Lipinski definition) is 1. The molecule has 21 heavy (non-hydrogen) atoms. The molecule has 0 radical (unpaired) electrons. The number of rotatable bonds is 7. The summed E-state index contributed by atoms with van der Waals surface area (Å²) in [7, 11) is 1.58. The van der Waals surface area contributed by atoms with Crippen molar-refractivity contribution in [3.05, 3.63) is 52.7 Å². The van der Waals surface area contributed by atoms with E-state index >= 15 is 0 Å². The molecule has 1 atom stereocenters. The Morgan fingerprint density at radius 3 is 2.67 bits per heavy atom. The van der Waals surface area contributed by atoms with Crippen LogP contribution in [-0.4, -0.2) is 25.7 Å². The van der Waals surface area contributed by atoms with Crippen LogP contribution in [0.25, 0.3) is 0 Å². The second-order valence-electron chi connectivity index (χ2n) is 4.74. The highest BCUT2D eigenvalue weighted by molar-refractivity contribution is 7.07. The van der Waals surface area contributed by atoms with Gasteiger partial charge in [-0.05, 0) is 34.5 Å². The molecule has 2 aromatic rings. The van der Waals surface area contributed by atoms with Crippen LogP contribution in [0, 0.1) is 0 Å². The quantitative estimate of drug-likeness (QED) is 0.855. The molecule has 1 unspecified atom stereocenters. The lowest BCUT2D eigenvalue weighted by Crippen LogP contribution is -2.35. The fraction of sp³-hybridized carbons (Fsp3) is 0.312. The van der Waals surface area contributed by atoms with Crippen LogP contribution in [-0.2, 0) is 16.1 Å². The molecule has 0 bridgehead atoms. The van der Waals surface area contributed by atoms with Gasteiger partial charge in [-0.3, -0.25) is 4.79 Å². The van der Waals surface area contributed by atoms with Crippen molar-refractivity contribution in [1.29, 1.82) is 0 Å². The molecule has 0 aliphatic heterocycles. The summed E-state index contributed by atoms with van der Waals surface area (Å²) in [6.07, 6.45) is 0.0395. The van der Waals surface area contributed by atoms with E-state index in [9.17, 15) is 4.79 Å². The number of ether oxygens (including phenoxy) is 1. The fourth-order valence-corrected chi connectivity index (χ4v) is 2.72. The number of thiophene rings is 1. The van der Waals surface area contributed by atoms with Crippen molar-refractivity contribution in [2.75, 3.05) is 18.6 Å². The first-order valence-corrected chi connectivity index (χ1v) is 7.78. The number of para-hydroxylation sites is 1. The summed E-state index contributed by atoms with van der Waals surface area (Å²) >= 11 is 1.63. The Bertz CT molecular complexity index is 539. The molecule has 2 N–H and O–H groups in total. The van der Waals surface area contributed by atoms with Gasteiger partial charge in [-0.25, -0.2) is 0 Å². The normalized spacial score (nSPS) is 12.1. The third-order valence-electron chi connectivity index (χ3n) is 3.29. The minimum absolute atomic E-state index is 0.0182. The van der Waals surface area contributed by atoms with Gasteiger partial charge in [0.1, 0.15) is 0 Å². The Labute approximate surface area is 129 Å². The van der Waals surface area contributed by atoms with Crippen LogP contribution < -0.4 is 10.6 Å². The van der Waals surface area contributed by atoms with Gasteiger partial charge in [-0.15, -0.1) is 0 Å². The number of nitrogens with two attached hydrogens (primary N) is 1. The van der Waals surface area contributed by atoms with Crippen molar-refractivity contribution in [2.24, 2.45) is 5.73 Å². The van der Waals surface area contributed by atoms with Crippen LogP contribution in [0.2, 0.25) is 0 Å². The molecule has 1 aromatic heterocycles. The van der Waals surface area contributed by atoms with E-state index in [1.807, 2.05) is 41.8 Å². The first-order chi connectivity index (χ1) is 10.2. The van der Waals surface area contributed by atoms with Gasteiger partial charge in [0.2, 0.25) is 5.91 Å². The minimum Gasteiger partial charge on any atom is -0.380 e. The Morgan fingerprint density at radius 2 is 2.10 bits per heavy atom. The van der Waals surface area contributed by atoms with Crippen LogP contribution in [0.3, 0.4) is 0 Å². The summed E-state index contributed by atoms with van der Waals surface area (Å²) in [5.74, 6) is 0.0182. The summed E-state index contributed by atoms with van der Waals surface area (Å²) in [6, 6.07) is 11.7. The van der Waals surface area contributed by atoms with Crippen LogP contribution in [0.15, 0.2) is 47.2 Å². The van der Waals surface area contributed by atoms with E-state index in [1.165, 1.54) is 0 Å². The molecule has 1 heterocycles.